The Morgan fingerprint density at radius 2 is 1.83 bits per heavy atom. The molecule has 0 fully saturated rings. The van der Waals surface area contributed by atoms with Gasteiger partial charge in [0.15, 0.2) is 5.75 Å². The number of nitrogens with zero attached hydrogens (tertiary/aromatic N) is 3. The van der Waals surface area contributed by atoms with Crippen LogP contribution < -0.4 is 15.4 Å². The van der Waals surface area contributed by atoms with E-state index in [9.17, 15) is 27.9 Å². The summed E-state index contributed by atoms with van der Waals surface area (Å²) >= 11 is 0. The molecule has 4 rings (SSSR count). The number of para-hydroxylation sites is 1. The summed E-state index contributed by atoms with van der Waals surface area (Å²) in [5.41, 5.74) is 0.831. The van der Waals surface area contributed by atoms with Crippen molar-refractivity contribution in [1.29, 1.82) is 0 Å². The molecule has 224 valence electrons. The van der Waals surface area contributed by atoms with Gasteiger partial charge in [-0.25, -0.2) is 4.79 Å². The molecule has 0 saturated carbocycles. The number of halogens is 3. The van der Waals surface area contributed by atoms with Gasteiger partial charge >= 0.3 is 12.2 Å². The normalized spacial score (nSPS) is 18.0. The molecule has 1 aromatic heterocycles. The van der Waals surface area contributed by atoms with Gasteiger partial charge in [-0.05, 0) is 68.1 Å². The SMILES string of the molecule is C[C@H]1CN([C@@H](C)CO)C(=O)c2cccc(NC(=O)Nc3ccc(C(F)(F)F)cc3)c2O[C@@H]1CN(C)Cc1ccncc1. The molecule has 3 amide bonds. The zero-order valence-electron chi connectivity index (χ0n) is 23.6. The predicted octanol–water partition coefficient (Wildman–Crippen LogP) is 5.10. The second kappa shape index (κ2) is 13.2. The summed E-state index contributed by atoms with van der Waals surface area (Å²) in [6.07, 6.45) is -1.45. The van der Waals surface area contributed by atoms with Gasteiger partial charge in [0, 0.05) is 43.6 Å². The van der Waals surface area contributed by atoms with E-state index in [1.165, 1.54) is 0 Å². The average Bonchev–Trinajstić information content (AvgIpc) is 2.95. The highest BCUT2D eigenvalue weighted by Gasteiger charge is 2.35. The van der Waals surface area contributed by atoms with Crippen LogP contribution in [0, 0.1) is 5.92 Å². The van der Waals surface area contributed by atoms with Gasteiger partial charge in [0.2, 0.25) is 0 Å². The first-order valence-corrected chi connectivity index (χ1v) is 13.5. The van der Waals surface area contributed by atoms with Gasteiger partial charge in [-0.2, -0.15) is 13.2 Å². The topological polar surface area (TPSA) is 107 Å². The maximum atomic E-state index is 13.6. The lowest BCUT2D eigenvalue weighted by atomic mass is 9.99. The number of fused-ring (bicyclic) bond motifs is 1. The third kappa shape index (κ3) is 7.56. The number of pyridine rings is 1. The molecule has 1 aliphatic rings. The number of alkyl halides is 3. The molecule has 2 aromatic carbocycles. The Morgan fingerprint density at radius 1 is 1.14 bits per heavy atom. The van der Waals surface area contributed by atoms with Crippen molar-refractivity contribution >= 4 is 23.3 Å². The lowest BCUT2D eigenvalue weighted by Gasteiger charge is -2.38. The highest BCUT2D eigenvalue weighted by molar-refractivity contribution is 6.04. The van der Waals surface area contributed by atoms with Crippen LogP contribution in [-0.2, 0) is 12.7 Å². The summed E-state index contributed by atoms with van der Waals surface area (Å²) < 4.78 is 45.2. The van der Waals surface area contributed by atoms with E-state index >= 15 is 0 Å². The number of aliphatic hydroxyl groups is 1. The zero-order chi connectivity index (χ0) is 30.4. The number of likely N-dealkylation sites (N-methyl/N-ethyl adjacent to an activating group) is 1. The second-order valence-electron chi connectivity index (χ2n) is 10.5. The van der Waals surface area contributed by atoms with Gasteiger partial charge in [-0.15, -0.1) is 0 Å². The minimum atomic E-state index is -4.49. The molecule has 0 saturated heterocycles. The lowest BCUT2D eigenvalue weighted by Crippen LogP contribution is -2.49. The van der Waals surface area contributed by atoms with Gasteiger partial charge in [-0.1, -0.05) is 13.0 Å². The molecule has 0 spiro atoms. The molecule has 9 nitrogen and oxygen atoms in total. The highest BCUT2D eigenvalue weighted by atomic mass is 19.4. The fourth-order valence-corrected chi connectivity index (χ4v) is 4.76. The Bertz CT molecular complexity index is 1370. The maximum Gasteiger partial charge on any atom is 0.416 e. The minimum Gasteiger partial charge on any atom is -0.486 e. The number of hydrogen-bond acceptors (Lipinski definition) is 6. The number of hydrogen-bond donors (Lipinski definition) is 3. The van der Waals surface area contributed by atoms with Crippen LogP contribution in [0.3, 0.4) is 0 Å². The van der Waals surface area contributed by atoms with E-state index in [1.54, 1.807) is 42.4 Å². The fourth-order valence-electron chi connectivity index (χ4n) is 4.76. The van der Waals surface area contributed by atoms with Crippen molar-refractivity contribution < 1.29 is 32.6 Å². The largest absolute Gasteiger partial charge is 0.486 e. The molecular weight excluding hydrogens is 551 g/mol. The monoisotopic (exact) mass is 585 g/mol. The number of rotatable bonds is 8. The van der Waals surface area contributed by atoms with Gasteiger partial charge in [0.25, 0.3) is 5.91 Å². The summed E-state index contributed by atoms with van der Waals surface area (Å²) in [5.74, 6) is -0.326. The number of aromatic nitrogens is 1. The van der Waals surface area contributed by atoms with Gasteiger partial charge in [-0.3, -0.25) is 14.7 Å². The van der Waals surface area contributed by atoms with E-state index in [-0.39, 0.29) is 41.1 Å². The smallest absolute Gasteiger partial charge is 0.416 e. The van der Waals surface area contributed by atoms with Crippen molar-refractivity contribution in [3.8, 4) is 5.75 Å². The summed E-state index contributed by atoms with van der Waals surface area (Å²) in [6, 6.07) is 11.5. The van der Waals surface area contributed by atoms with Crippen LogP contribution in [0.15, 0.2) is 67.0 Å². The quantitative estimate of drug-likeness (QED) is 0.340. The van der Waals surface area contributed by atoms with Gasteiger partial charge in [0.1, 0.15) is 6.10 Å². The number of anilines is 2. The molecular formula is C30H34F3N5O4. The first-order valence-electron chi connectivity index (χ1n) is 13.5. The van der Waals surface area contributed by atoms with Crippen LogP contribution in [0.2, 0.25) is 0 Å². The Kier molecular flexibility index (Phi) is 9.69. The number of carbonyl (C=O) groups is 2. The lowest BCUT2D eigenvalue weighted by molar-refractivity contribution is -0.137. The maximum absolute atomic E-state index is 13.6. The number of ether oxygens (including phenoxy) is 1. The number of nitrogens with one attached hydrogen (secondary N) is 2. The molecule has 3 N–H and O–H groups in total. The first kappa shape index (κ1) is 30.8. The summed E-state index contributed by atoms with van der Waals surface area (Å²) in [7, 11) is 1.96. The Morgan fingerprint density at radius 3 is 2.48 bits per heavy atom. The molecule has 0 radical (unpaired) electrons. The third-order valence-electron chi connectivity index (χ3n) is 7.10. The van der Waals surface area contributed by atoms with Crippen LogP contribution in [0.1, 0.15) is 35.3 Å². The molecule has 42 heavy (non-hydrogen) atoms. The molecule has 0 bridgehead atoms. The van der Waals surface area contributed by atoms with Crippen molar-refractivity contribution in [3.05, 3.63) is 83.7 Å². The highest BCUT2D eigenvalue weighted by Crippen LogP contribution is 2.35. The van der Waals surface area contributed by atoms with Gasteiger partial charge < -0.3 is 25.4 Å². The van der Waals surface area contributed by atoms with Crippen LogP contribution in [-0.4, -0.2) is 70.7 Å². The molecule has 12 heteroatoms. The number of aliphatic hydroxyl groups excluding tert-OH is 1. The van der Waals surface area contributed by atoms with E-state index in [2.05, 4.69) is 20.5 Å². The van der Waals surface area contributed by atoms with Crippen molar-refractivity contribution in [2.45, 2.75) is 38.7 Å². The van der Waals surface area contributed by atoms with Crippen LogP contribution >= 0.6 is 0 Å². The van der Waals surface area contributed by atoms with E-state index < -0.39 is 29.9 Å². The average molecular weight is 586 g/mol. The molecule has 1 aliphatic heterocycles. The molecule has 0 unspecified atom stereocenters. The third-order valence-corrected chi connectivity index (χ3v) is 7.10. The van der Waals surface area contributed by atoms with E-state index in [0.717, 1.165) is 29.8 Å². The molecule has 0 aliphatic carbocycles. The van der Waals surface area contributed by atoms with Crippen molar-refractivity contribution in [2.24, 2.45) is 5.92 Å². The van der Waals surface area contributed by atoms with E-state index in [1.807, 2.05) is 26.1 Å². The van der Waals surface area contributed by atoms with E-state index in [4.69, 9.17) is 4.74 Å². The molecule has 3 aromatic rings. The number of benzene rings is 2. The Balaban J connectivity index is 1.60. The fraction of sp³-hybridized carbons (Fsp3) is 0.367. The van der Waals surface area contributed by atoms with Crippen LogP contribution in [0.25, 0.3) is 0 Å². The molecule has 3 atom stereocenters. The molecule has 2 heterocycles. The van der Waals surface area contributed by atoms with Crippen molar-refractivity contribution in [3.63, 3.8) is 0 Å². The van der Waals surface area contributed by atoms with Crippen LogP contribution in [0.5, 0.6) is 5.75 Å². The minimum absolute atomic E-state index is 0.148. The Labute approximate surface area is 242 Å². The van der Waals surface area contributed by atoms with Crippen LogP contribution in [0.4, 0.5) is 29.3 Å². The number of amides is 3. The van der Waals surface area contributed by atoms with Crippen molar-refractivity contribution in [2.75, 3.05) is 37.4 Å². The van der Waals surface area contributed by atoms with Gasteiger partial charge in [0.05, 0.1) is 29.5 Å². The summed E-state index contributed by atoms with van der Waals surface area (Å²) in [5, 5.41) is 15.1. The number of carbonyl (C=O) groups excluding carboxylic acids is 2. The predicted molar refractivity (Wildman–Crippen MR) is 152 cm³/mol. The zero-order valence-corrected chi connectivity index (χ0v) is 23.6. The van der Waals surface area contributed by atoms with E-state index in [0.29, 0.717) is 19.6 Å². The summed E-state index contributed by atoms with van der Waals surface area (Å²) in [6.45, 7) is 4.97. The standard InChI is InChI=1S/C30H34F3N5O4/c1-19-15-38(20(2)18-39)28(40)24-5-4-6-25(36-29(41)35-23-9-7-22(8-10-23)30(31,32)33)27(24)42-26(19)17-37(3)16-21-11-13-34-14-12-21/h4-14,19-20,26,39H,15-18H2,1-3H3,(H2,35,36,41)/t19-,20-,26+/m0/s1. The summed E-state index contributed by atoms with van der Waals surface area (Å²) in [4.78, 5) is 34.3. The first-order chi connectivity index (χ1) is 20.0. The van der Waals surface area contributed by atoms with Crippen molar-refractivity contribution in [1.82, 2.24) is 14.8 Å². The Hall–Kier alpha value is -4.16. The number of urea groups is 1. The second-order valence-corrected chi connectivity index (χ2v) is 10.5.